The van der Waals surface area contributed by atoms with Gasteiger partial charge in [-0.05, 0) is 16.7 Å². The molecule has 0 aliphatic rings. The largest absolute Gasteiger partial charge is 0.114 e. The maximum atomic E-state index is 3.63. The van der Waals surface area contributed by atoms with Crippen LogP contribution in [-0.2, 0) is 0 Å². The smallest absolute Gasteiger partial charge is 0.0263 e. The van der Waals surface area contributed by atoms with Crippen LogP contribution in [0, 0.1) is 0 Å². The summed E-state index contributed by atoms with van der Waals surface area (Å²) in [5.74, 6) is 0. The fourth-order valence-electron chi connectivity index (χ4n) is 1.77. The molecule has 0 nitrogen and oxygen atoms in total. The summed E-state index contributed by atoms with van der Waals surface area (Å²) in [6, 6.07) is 30.1. The van der Waals surface area contributed by atoms with Crippen LogP contribution in [0.1, 0.15) is 16.7 Å². The third kappa shape index (κ3) is 15.1. The van der Waals surface area contributed by atoms with Gasteiger partial charge >= 0.3 is 0 Å². The molecule has 0 fully saturated rings. The van der Waals surface area contributed by atoms with E-state index in [1.807, 2.05) is 109 Å². The van der Waals surface area contributed by atoms with Gasteiger partial charge in [0.2, 0.25) is 0 Å². The van der Waals surface area contributed by atoms with E-state index in [0.717, 1.165) is 0 Å². The molecule has 3 aromatic carbocycles. The van der Waals surface area contributed by atoms with Crippen LogP contribution in [0.15, 0.2) is 111 Å². The summed E-state index contributed by atoms with van der Waals surface area (Å²) >= 11 is 0. The Morgan fingerprint density at radius 2 is 0.556 bits per heavy atom. The average molecular weight is 555 g/mol. The van der Waals surface area contributed by atoms with Gasteiger partial charge in [0.1, 0.15) is 0 Å². The Labute approximate surface area is 195 Å². The van der Waals surface area contributed by atoms with Crippen LogP contribution >= 0.6 is 50.9 Å². The van der Waals surface area contributed by atoms with Gasteiger partial charge in [-0.3, -0.25) is 0 Å². The van der Waals surface area contributed by atoms with Gasteiger partial charge in [0, 0.05) is 0 Å². The molecule has 0 atom stereocenters. The molecule has 0 aliphatic heterocycles. The van der Waals surface area contributed by atoms with Gasteiger partial charge in [-0.2, -0.15) is 0 Å². The van der Waals surface area contributed by atoms with Crippen LogP contribution in [0.3, 0.4) is 0 Å². The highest BCUT2D eigenvalue weighted by Crippen LogP contribution is 1.98. The lowest BCUT2D eigenvalue weighted by molar-refractivity contribution is 1.67. The Hall–Kier alpha value is -1.68. The Balaban J connectivity index is -0.000000303. The second-order valence-electron chi connectivity index (χ2n) is 4.84. The molecule has 0 N–H and O–H groups in total. The SMILES string of the molecule is Br.Br.Br.C=Cc1ccccc1.C=Cc1ccccc1.C=Cc1ccccc1. The Kier molecular flexibility index (Phi) is 23.0. The molecule has 0 unspecified atom stereocenters. The lowest BCUT2D eigenvalue weighted by Gasteiger charge is -1.85. The van der Waals surface area contributed by atoms with E-state index in [2.05, 4.69) is 19.7 Å². The first-order chi connectivity index (χ1) is 11.8. The molecule has 0 aromatic heterocycles. The Bertz CT molecular complexity index is 605. The molecular formula is C24H27Br3. The van der Waals surface area contributed by atoms with Gasteiger partial charge in [-0.25, -0.2) is 0 Å². The number of rotatable bonds is 3. The van der Waals surface area contributed by atoms with E-state index < -0.39 is 0 Å². The summed E-state index contributed by atoms with van der Waals surface area (Å²) in [6.07, 6.45) is 5.50. The second-order valence-corrected chi connectivity index (χ2v) is 4.84. The number of benzene rings is 3. The highest BCUT2D eigenvalue weighted by molar-refractivity contribution is 8.93. The molecule has 3 heteroatoms. The van der Waals surface area contributed by atoms with Crippen molar-refractivity contribution in [3.63, 3.8) is 0 Å². The molecule has 0 saturated heterocycles. The number of hydrogen-bond donors (Lipinski definition) is 0. The third-order valence-corrected chi connectivity index (χ3v) is 3.11. The molecule has 0 radical (unpaired) electrons. The Morgan fingerprint density at radius 1 is 0.370 bits per heavy atom. The molecular weight excluding hydrogens is 528 g/mol. The van der Waals surface area contributed by atoms with Crippen LogP contribution in [0.5, 0.6) is 0 Å². The van der Waals surface area contributed by atoms with E-state index in [1.165, 1.54) is 16.7 Å². The van der Waals surface area contributed by atoms with Crippen molar-refractivity contribution >= 4 is 69.2 Å². The minimum atomic E-state index is 0. The fraction of sp³-hybridized carbons (Fsp3) is 0. The topological polar surface area (TPSA) is 0 Å². The lowest BCUT2D eigenvalue weighted by atomic mass is 10.2. The van der Waals surface area contributed by atoms with Crippen molar-refractivity contribution in [2.75, 3.05) is 0 Å². The molecule has 0 saturated carbocycles. The predicted molar refractivity (Wildman–Crippen MR) is 141 cm³/mol. The van der Waals surface area contributed by atoms with Gasteiger partial charge in [0.15, 0.2) is 0 Å². The first-order valence-electron chi connectivity index (χ1n) is 7.82. The van der Waals surface area contributed by atoms with E-state index in [9.17, 15) is 0 Å². The summed E-state index contributed by atoms with van der Waals surface area (Å²) < 4.78 is 0. The maximum absolute atomic E-state index is 3.63. The van der Waals surface area contributed by atoms with Crippen molar-refractivity contribution in [3.05, 3.63) is 127 Å². The third-order valence-electron chi connectivity index (χ3n) is 3.11. The molecule has 27 heavy (non-hydrogen) atoms. The molecule has 0 spiro atoms. The van der Waals surface area contributed by atoms with E-state index in [-0.39, 0.29) is 50.9 Å². The number of halogens is 3. The summed E-state index contributed by atoms with van der Waals surface area (Å²) in [7, 11) is 0. The van der Waals surface area contributed by atoms with Crippen molar-refractivity contribution < 1.29 is 0 Å². The van der Waals surface area contributed by atoms with Crippen molar-refractivity contribution in [3.8, 4) is 0 Å². The second kappa shape index (κ2) is 20.6. The first kappa shape index (κ1) is 30.1. The van der Waals surface area contributed by atoms with E-state index >= 15 is 0 Å². The molecule has 0 bridgehead atoms. The van der Waals surface area contributed by atoms with Gasteiger partial charge in [0.05, 0.1) is 0 Å². The maximum Gasteiger partial charge on any atom is -0.0263 e. The highest BCUT2D eigenvalue weighted by Gasteiger charge is 1.77. The van der Waals surface area contributed by atoms with Crippen LogP contribution in [0.4, 0.5) is 0 Å². The van der Waals surface area contributed by atoms with Crippen molar-refractivity contribution in [2.45, 2.75) is 0 Å². The quantitative estimate of drug-likeness (QED) is 0.303. The summed E-state index contributed by atoms with van der Waals surface area (Å²) in [5, 5.41) is 0. The fourth-order valence-corrected chi connectivity index (χ4v) is 1.77. The van der Waals surface area contributed by atoms with Crippen LogP contribution in [-0.4, -0.2) is 0 Å². The van der Waals surface area contributed by atoms with E-state index in [0.29, 0.717) is 0 Å². The van der Waals surface area contributed by atoms with Crippen molar-refractivity contribution in [2.24, 2.45) is 0 Å². The van der Waals surface area contributed by atoms with E-state index in [1.54, 1.807) is 0 Å². The molecule has 3 rings (SSSR count). The minimum absolute atomic E-state index is 0. The van der Waals surface area contributed by atoms with Gasteiger partial charge in [-0.1, -0.05) is 129 Å². The normalized spacial score (nSPS) is 7.56. The molecule has 0 heterocycles. The molecule has 3 aromatic rings. The van der Waals surface area contributed by atoms with Crippen molar-refractivity contribution in [1.29, 1.82) is 0 Å². The zero-order chi connectivity index (χ0) is 17.5. The first-order valence-corrected chi connectivity index (χ1v) is 7.82. The van der Waals surface area contributed by atoms with Crippen LogP contribution in [0.25, 0.3) is 18.2 Å². The van der Waals surface area contributed by atoms with Crippen LogP contribution in [0.2, 0.25) is 0 Å². The van der Waals surface area contributed by atoms with Gasteiger partial charge < -0.3 is 0 Å². The summed E-state index contributed by atoms with van der Waals surface area (Å²) in [4.78, 5) is 0. The standard InChI is InChI=1S/3C8H8.3BrH/c3*1-2-8-6-4-3-5-7-8;;;/h3*2-7H,1H2;3*1H. The van der Waals surface area contributed by atoms with Gasteiger partial charge in [-0.15, -0.1) is 50.9 Å². The monoisotopic (exact) mass is 552 g/mol. The zero-order valence-corrected chi connectivity index (χ0v) is 20.4. The minimum Gasteiger partial charge on any atom is -0.114 e. The van der Waals surface area contributed by atoms with Crippen LogP contribution < -0.4 is 0 Å². The molecule has 144 valence electrons. The van der Waals surface area contributed by atoms with Crippen molar-refractivity contribution in [1.82, 2.24) is 0 Å². The Morgan fingerprint density at radius 3 is 0.667 bits per heavy atom. The average Bonchev–Trinajstić information content (AvgIpc) is 2.71. The lowest BCUT2D eigenvalue weighted by Crippen LogP contribution is -1.63. The van der Waals surface area contributed by atoms with Gasteiger partial charge in [0.25, 0.3) is 0 Å². The summed E-state index contributed by atoms with van der Waals surface area (Å²) in [6.45, 7) is 10.9. The summed E-state index contributed by atoms with van der Waals surface area (Å²) in [5.41, 5.74) is 3.52. The highest BCUT2D eigenvalue weighted by atomic mass is 79.9. The molecule has 0 amide bonds. The van der Waals surface area contributed by atoms with E-state index in [4.69, 9.17) is 0 Å². The predicted octanol–water partition coefficient (Wildman–Crippen LogP) is 8.72. The number of hydrogen-bond acceptors (Lipinski definition) is 0. The molecule has 0 aliphatic carbocycles. The zero-order valence-electron chi connectivity index (χ0n) is 15.2.